The predicted molar refractivity (Wildman–Crippen MR) is 68.0 cm³/mol. The lowest BCUT2D eigenvalue weighted by Gasteiger charge is -2.27. The van der Waals surface area contributed by atoms with E-state index in [1.807, 2.05) is 13.3 Å². The maximum absolute atomic E-state index is 11.9. The van der Waals surface area contributed by atoms with Crippen molar-refractivity contribution in [2.45, 2.75) is 39.3 Å². The minimum absolute atomic E-state index is 0.0604. The molecule has 0 aromatic heterocycles. The Balaban J connectivity index is 4.17. The molecule has 1 amide bonds. The molecule has 0 fully saturated rings. The molecular weight excluding hydrogens is 208 g/mol. The van der Waals surface area contributed by atoms with Crippen LogP contribution in [0, 0.1) is 5.92 Å². The van der Waals surface area contributed by atoms with Crippen LogP contribution in [0.15, 0.2) is 0 Å². The van der Waals surface area contributed by atoms with Crippen LogP contribution in [0.25, 0.3) is 0 Å². The monoisotopic (exact) mass is 232 g/mol. The Morgan fingerprint density at radius 2 is 1.93 bits per heavy atom. The van der Waals surface area contributed by atoms with Gasteiger partial charge < -0.3 is 10.6 Å². The molecule has 15 heavy (non-hydrogen) atoms. The van der Waals surface area contributed by atoms with E-state index in [0.29, 0.717) is 5.92 Å². The molecule has 2 N–H and O–H groups in total. The largest absolute Gasteiger partial charge is 0.341 e. The van der Waals surface area contributed by atoms with Crippen molar-refractivity contribution in [3.63, 3.8) is 0 Å². The molecule has 2 unspecified atom stereocenters. The van der Waals surface area contributed by atoms with E-state index in [2.05, 4.69) is 20.8 Å². The minimum Gasteiger partial charge on any atom is -0.341 e. The zero-order chi connectivity index (χ0) is 12.0. The number of nitrogens with two attached hydrogens (primary N) is 1. The number of thioether (sulfide) groups is 1. The summed E-state index contributed by atoms with van der Waals surface area (Å²) in [6.07, 6.45) is 2.80. The van der Waals surface area contributed by atoms with E-state index in [4.69, 9.17) is 5.73 Å². The number of hydrogen-bond acceptors (Lipinski definition) is 3. The second-order valence-electron chi connectivity index (χ2n) is 4.49. The SMILES string of the molecule is CSCC(C)N(C)C(=O)C(N)CC(C)C. The highest BCUT2D eigenvalue weighted by atomic mass is 32.2. The number of carbonyl (C=O) groups is 1. The Kier molecular flexibility index (Phi) is 7.02. The van der Waals surface area contributed by atoms with E-state index < -0.39 is 0 Å². The number of hydrogen-bond donors (Lipinski definition) is 1. The third kappa shape index (κ3) is 5.42. The molecule has 0 radical (unpaired) electrons. The van der Waals surface area contributed by atoms with Crippen LogP contribution >= 0.6 is 11.8 Å². The summed E-state index contributed by atoms with van der Waals surface area (Å²) in [5, 5.41) is 0. The van der Waals surface area contributed by atoms with Gasteiger partial charge in [0, 0.05) is 18.8 Å². The van der Waals surface area contributed by atoms with Gasteiger partial charge in [-0.2, -0.15) is 11.8 Å². The number of amides is 1. The van der Waals surface area contributed by atoms with E-state index in [0.717, 1.165) is 12.2 Å². The van der Waals surface area contributed by atoms with Crippen LogP contribution < -0.4 is 5.73 Å². The van der Waals surface area contributed by atoms with Gasteiger partial charge in [-0.3, -0.25) is 4.79 Å². The third-order valence-electron chi connectivity index (χ3n) is 2.46. The van der Waals surface area contributed by atoms with Crippen molar-refractivity contribution >= 4 is 17.7 Å². The Morgan fingerprint density at radius 3 is 2.33 bits per heavy atom. The molecule has 0 aromatic rings. The molecule has 3 nitrogen and oxygen atoms in total. The van der Waals surface area contributed by atoms with Crippen LogP contribution in [0.3, 0.4) is 0 Å². The predicted octanol–water partition coefficient (Wildman–Crippen LogP) is 1.57. The van der Waals surface area contributed by atoms with Crippen LogP contribution in [0.5, 0.6) is 0 Å². The van der Waals surface area contributed by atoms with Crippen molar-refractivity contribution < 1.29 is 4.79 Å². The van der Waals surface area contributed by atoms with E-state index in [9.17, 15) is 4.79 Å². The first kappa shape index (κ1) is 14.8. The molecular formula is C11H24N2OS. The number of nitrogens with zero attached hydrogens (tertiary/aromatic N) is 1. The van der Waals surface area contributed by atoms with Gasteiger partial charge >= 0.3 is 0 Å². The summed E-state index contributed by atoms with van der Waals surface area (Å²) < 4.78 is 0. The van der Waals surface area contributed by atoms with Crippen LogP contribution in [-0.2, 0) is 4.79 Å². The molecule has 0 saturated carbocycles. The second-order valence-corrected chi connectivity index (χ2v) is 5.40. The number of carbonyl (C=O) groups excluding carboxylic acids is 1. The highest BCUT2D eigenvalue weighted by Crippen LogP contribution is 2.09. The highest BCUT2D eigenvalue weighted by molar-refractivity contribution is 7.98. The summed E-state index contributed by atoms with van der Waals surface area (Å²) in [4.78, 5) is 13.7. The lowest BCUT2D eigenvalue weighted by atomic mass is 10.0. The van der Waals surface area contributed by atoms with Gasteiger partial charge in [0.1, 0.15) is 0 Å². The molecule has 0 aromatic carbocycles. The molecule has 0 heterocycles. The molecule has 0 saturated heterocycles. The van der Waals surface area contributed by atoms with Gasteiger partial charge in [-0.1, -0.05) is 13.8 Å². The lowest BCUT2D eigenvalue weighted by Crippen LogP contribution is -2.46. The van der Waals surface area contributed by atoms with Crippen molar-refractivity contribution in [3.8, 4) is 0 Å². The zero-order valence-corrected chi connectivity index (χ0v) is 11.3. The first-order valence-corrected chi connectivity index (χ1v) is 6.80. The first-order chi connectivity index (χ1) is 6.90. The van der Waals surface area contributed by atoms with Gasteiger partial charge in [0.25, 0.3) is 0 Å². The normalized spacial score (nSPS) is 15.1. The highest BCUT2D eigenvalue weighted by Gasteiger charge is 2.22. The summed E-state index contributed by atoms with van der Waals surface area (Å²) in [6.45, 7) is 6.22. The molecule has 0 aliphatic heterocycles. The Hall–Kier alpha value is -0.220. The number of likely N-dealkylation sites (N-methyl/N-ethyl adjacent to an activating group) is 1. The fourth-order valence-electron chi connectivity index (χ4n) is 1.44. The molecule has 2 atom stereocenters. The molecule has 0 aliphatic carbocycles. The molecule has 4 heteroatoms. The molecule has 0 rings (SSSR count). The average Bonchev–Trinajstić information content (AvgIpc) is 2.14. The lowest BCUT2D eigenvalue weighted by molar-refractivity contribution is -0.133. The fourth-order valence-corrected chi connectivity index (χ4v) is 2.15. The third-order valence-corrected chi connectivity index (χ3v) is 3.27. The minimum atomic E-state index is -0.348. The van der Waals surface area contributed by atoms with Gasteiger partial charge in [0.2, 0.25) is 5.91 Å². The maximum atomic E-state index is 11.9. The van der Waals surface area contributed by atoms with Gasteiger partial charge in [0.05, 0.1) is 6.04 Å². The zero-order valence-electron chi connectivity index (χ0n) is 10.5. The van der Waals surface area contributed by atoms with E-state index in [1.165, 1.54) is 0 Å². The van der Waals surface area contributed by atoms with Crippen molar-refractivity contribution in [2.24, 2.45) is 11.7 Å². The van der Waals surface area contributed by atoms with Crippen molar-refractivity contribution in [1.82, 2.24) is 4.90 Å². The van der Waals surface area contributed by atoms with Gasteiger partial charge in [0.15, 0.2) is 0 Å². The van der Waals surface area contributed by atoms with Gasteiger partial charge in [-0.15, -0.1) is 0 Å². The second kappa shape index (κ2) is 7.12. The average molecular weight is 232 g/mol. The summed E-state index contributed by atoms with van der Waals surface area (Å²) in [6, 6.07) is -0.0926. The van der Waals surface area contributed by atoms with Crippen LogP contribution in [-0.4, -0.2) is 41.9 Å². The maximum Gasteiger partial charge on any atom is 0.239 e. The van der Waals surface area contributed by atoms with Gasteiger partial charge in [-0.05, 0) is 25.5 Å². The van der Waals surface area contributed by atoms with Crippen LogP contribution in [0.1, 0.15) is 27.2 Å². The standard InChI is InChI=1S/C11H24N2OS/c1-8(2)6-10(12)11(14)13(4)9(3)7-15-5/h8-10H,6-7,12H2,1-5H3. The fraction of sp³-hybridized carbons (Fsp3) is 0.909. The van der Waals surface area contributed by atoms with E-state index in [1.54, 1.807) is 16.7 Å². The summed E-state index contributed by atoms with van der Waals surface area (Å²) in [5.74, 6) is 1.48. The quantitative estimate of drug-likeness (QED) is 0.756. The van der Waals surface area contributed by atoms with Gasteiger partial charge in [-0.25, -0.2) is 0 Å². The smallest absolute Gasteiger partial charge is 0.239 e. The topological polar surface area (TPSA) is 46.3 Å². The summed E-state index contributed by atoms with van der Waals surface area (Å²) in [7, 11) is 1.84. The molecule has 0 bridgehead atoms. The summed E-state index contributed by atoms with van der Waals surface area (Å²) >= 11 is 1.75. The van der Waals surface area contributed by atoms with Crippen molar-refractivity contribution in [1.29, 1.82) is 0 Å². The van der Waals surface area contributed by atoms with Crippen molar-refractivity contribution in [3.05, 3.63) is 0 Å². The first-order valence-electron chi connectivity index (χ1n) is 5.41. The molecule has 0 aliphatic rings. The van der Waals surface area contributed by atoms with E-state index in [-0.39, 0.29) is 18.0 Å². The Bertz CT molecular complexity index is 197. The Labute approximate surface area is 97.8 Å². The number of rotatable bonds is 6. The Morgan fingerprint density at radius 1 is 1.40 bits per heavy atom. The van der Waals surface area contributed by atoms with Crippen molar-refractivity contribution in [2.75, 3.05) is 19.1 Å². The summed E-state index contributed by atoms with van der Waals surface area (Å²) in [5.41, 5.74) is 5.86. The molecule has 90 valence electrons. The van der Waals surface area contributed by atoms with Crippen LogP contribution in [0.4, 0.5) is 0 Å². The van der Waals surface area contributed by atoms with Crippen LogP contribution in [0.2, 0.25) is 0 Å². The van der Waals surface area contributed by atoms with E-state index >= 15 is 0 Å². The molecule has 0 spiro atoms.